The molecule has 96 valence electrons. The number of nitrogens with one attached hydrogen (secondary N) is 1. The van der Waals surface area contributed by atoms with Gasteiger partial charge in [-0.05, 0) is 30.2 Å². The Balaban J connectivity index is 1.98. The molecule has 1 atom stereocenters. The van der Waals surface area contributed by atoms with E-state index >= 15 is 0 Å². The van der Waals surface area contributed by atoms with Crippen molar-refractivity contribution in [1.29, 1.82) is 0 Å². The van der Waals surface area contributed by atoms with Crippen molar-refractivity contribution in [3.63, 3.8) is 0 Å². The molecular weight excluding hydrogens is 238 g/mol. The van der Waals surface area contributed by atoms with Gasteiger partial charge in [-0.15, -0.1) is 0 Å². The molecule has 0 amide bonds. The summed E-state index contributed by atoms with van der Waals surface area (Å²) in [6, 6.07) is 15.8. The molecule has 2 aromatic rings. The topological polar surface area (TPSA) is 38.3 Å². The highest BCUT2D eigenvalue weighted by molar-refractivity contribution is 5.78. The van der Waals surface area contributed by atoms with Crippen LogP contribution in [0.1, 0.15) is 23.6 Å². The summed E-state index contributed by atoms with van der Waals surface area (Å²) in [5.41, 5.74) is 3.03. The van der Waals surface area contributed by atoms with Crippen LogP contribution in [0.3, 0.4) is 0 Å². The van der Waals surface area contributed by atoms with Crippen LogP contribution in [-0.2, 0) is 4.79 Å². The zero-order valence-corrected chi connectivity index (χ0v) is 10.7. The third kappa shape index (κ3) is 2.45. The first kappa shape index (κ1) is 11.8. The minimum atomic E-state index is -0.203. The molecule has 3 nitrogen and oxygen atoms in total. The molecule has 1 aliphatic rings. The molecule has 0 fully saturated rings. The second kappa shape index (κ2) is 4.76. The molecule has 1 N–H and O–H groups in total. The van der Waals surface area contributed by atoms with E-state index in [0.717, 1.165) is 16.8 Å². The Labute approximate surface area is 112 Å². The number of esters is 1. The van der Waals surface area contributed by atoms with E-state index in [9.17, 15) is 4.79 Å². The fourth-order valence-corrected chi connectivity index (χ4v) is 2.29. The molecule has 19 heavy (non-hydrogen) atoms. The Morgan fingerprint density at radius 3 is 2.74 bits per heavy atom. The fraction of sp³-hybridized carbons (Fsp3) is 0.188. The van der Waals surface area contributed by atoms with Gasteiger partial charge in [-0.3, -0.25) is 4.79 Å². The van der Waals surface area contributed by atoms with Crippen molar-refractivity contribution in [3.05, 3.63) is 59.7 Å². The molecule has 3 rings (SSSR count). The van der Waals surface area contributed by atoms with Gasteiger partial charge in [0.05, 0.1) is 18.2 Å². The minimum absolute atomic E-state index is 0.0438. The average molecular weight is 253 g/mol. The number of ether oxygens (including phenoxy) is 1. The summed E-state index contributed by atoms with van der Waals surface area (Å²) >= 11 is 0. The smallest absolute Gasteiger partial charge is 0.313 e. The molecule has 0 radical (unpaired) electrons. The standard InChI is InChI=1S/C16H15NO2/c1-11-7-8-13-15(9-11)19-16(18)10-14(17-13)12-5-3-2-4-6-12/h2-9,14,17H,10H2,1H3. The summed E-state index contributed by atoms with van der Waals surface area (Å²) in [5.74, 6) is 0.411. The highest BCUT2D eigenvalue weighted by atomic mass is 16.5. The van der Waals surface area contributed by atoms with Crippen molar-refractivity contribution < 1.29 is 9.53 Å². The van der Waals surface area contributed by atoms with E-state index in [1.807, 2.05) is 55.5 Å². The van der Waals surface area contributed by atoms with Crippen LogP contribution < -0.4 is 10.1 Å². The molecule has 1 aliphatic heterocycles. The average Bonchev–Trinajstić information content (AvgIpc) is 2.57. The monoisotopic (exact) mass is 253 g/mol. The van der Waals surface area contributed by atoms with Crippen molar-refractivity contribution in [2.24, 2.45) is 0 Å². The maximum Gasteiger partial charge on any atom is 0.313 e. The molecule has 1 unspecified atom stereocenters. The lowest BCUT2D eigenvalue weighted by atomic mass is 10.0. The minimum Gasteiger partial charge on any atom is -0.424 e. The van der Waals surface area contributed by atoms with Crippen LogP contribution in [0.4, 0.5) is 5.69 Å². The molecule has 0 bridgehead atoms. The number of hydrogen-bond donors (Lipinski definition) is 1. The lowest BCUT2D eigenvalue weighted by Gasteiger charge is -2.16. The summed E-state index contributed by atoms with van der Waals surface area (Å²) in [7, 11) is 0. The summed E-state index contributed by atoms with van der Waals surface area (Å²) in [6.07, 6.45) is 0.331. The van der Waals surface area contributed by atoms with Crippen LogP contribution in [-0.4, -0.2) is 5.97 Å². The second-order valence-corrected chi connectivity index (χ2v) is 4.79. The van der Waals surface area contributed by atoms with E-state index in [-0.39, 0.29) is 12.0 Å². The highest BCUT2D eigenvalue weighted by Crippen LogP contribution is 2.34. The Morgan fingerprint density at radius 1 is 1.16 bits per heavy atom. The molecule has 0 saturated heterocycles. The molecule has 2 aromatic carbocycles. The number of carbonyl (C=O) groups is 1. The zero-order chi connectivity index (χ0) is 13.2. The van der Waals surface area contributed by atoms with Gasteiger partial charge in [0.15, 0.2) is 5.75 Å². The molecule has 0 aromatic heterocycles. The van der Waals surface area contributed by atoms with E-state index in [2.05, 4.69) is 5.32 Å². The number of anilines is 1. The molecule has 1 heterocycles. The van der Waals surface area contributed by atoms with Gasteiger partial charge < -0.3 is 10.1 Å². The Morgan fingerprint density at radius 2 is 1.95 bits per heavy atom. The molecular formula is C16H15NO2. The van der Waals surface area contributed by atoms with Gasteiger partial charge in [0.25, 0.3) is 0 Å². The maximum absolute atomic E-state index is 11.9. The van der Waals surface area contributed by atoms with Gasteiger partial charge in [0.2, 0.25) is 0 Å². The zero-order valence-electron chi connectivity index (χ0n) is 10.7. The molecule has 0 aliphatic carbocycles. The predicted molar refractivity (Wildman–Crippen MR) is 74.2 cm³/mol. The molecule has 3 heteroatoms. The van der Waals surface area contributed by atoms with Crippen LogP contribution >= 0.6 is 0 Å². The first-order chi connectivity index (χ1) is 9.22. The quantitative estimate of drug-likeness (QED) is 0.625. The van der Waals surface area contributed by atoms with E-state index in [1.54, 1.807) is 0 Å². The Bertz CT molecular complexity index is 607. The lowest BCUT2D eigenvalue weighted by molar-refractivity contribution is -0.134. The van der Waals surface area contributed by atoms with Crippen LogP contribution in [0.25, 0.3) is 0 Å². The first-order valence-electron chi connectivity index (χ1n) is 6.35. The Kier molecular flexibility index (Phi) is 2.95. The first-order valence-corrected chi connectivity index (χ1v) is 6.35. The second-order valence-electron chi connectivity index (χ2n) is 4.79. The van der Waals surface area contributed by atoms with Crippen LogP contribution in [0, 0.1) is 6.92 Å². The van der Waals surface area contributed by atoms with E-state index in [0.29, 0.717) is 12.2 Å². The third-order valence-corrected chi connectivity index (χ3v) is 3.26. The van der Waals surface area contributed by atoms with E-state index < -0.39 is 0 Å². The summed E-state index contributed by atoms with van der Waals surface area (Å²) in [4.78, 5) is 11.9. The van der Waals surface area contributed by atoms with Crippen LogP contribution in [0.2, 0.25) is 0 Å². The van der Waals surface area contributed by atoms with Crippen molar-refractivity contribution in [1.82, 2.24) is 0 Å². The fourth-order valence-electron chi connectivity index (χ4n) is 2.29. The predicted octanol–water partition coefficient (Wildman–Crippen LogP) is 3.46. The Hall–Kier alpha value is -2.29. The normalized spacial score (nSPS) is 17.9. The van der Waals surface area contributed by atoms with Gasteiger partial charge >= 0.3 is 5.97 Å². The number of benzene rings is 2. The largest absolute Gasteiger partial charge is 0.424 e. The van der Waals surface area contributed by atoms with Crippen molar-refractivity contribution in [3.8, 4) is 5.75 Å². The highest BCUT2D eigenvalue weighted by Gasteiger charge is 2.23. The molecule has 0 saturated carbocycles. The summed E-state index contributed by atoms with van der Waals surface area (Å²) in [6.45, 7) is 1.98. The van der Waals surface area contributed by atoms with E-state index in [4.69, 9.17) is 4.74 Å². The number of hydrogen-bond acceptors (Lipinski definition) is 3. The van der Waals surface area contributed by atoms with Gasteiger partial charge in [-0.1, -0.05) is 36.4 Å². The van der Waals surface area contributed by atoms with Crippen LogP contribution in [0.5, 0.6) is 5.75 Å². The lowest BCUT2D eigenvalue weighted by Crippen LogP contribution is -2.14. The van der Waals surface area contributed by atoms with Crippen LogP contribution in [0.15, 0.2) is 48.5 Å². The number of aryl methyl sites for hydroxylation is 1. The number of fused-ring (bicyclic) bond motifs is 1. The number of carbonyl (C=O) groups excluding carboxylic acids is 1. The molecule has 0 spiro atoms. The SMILES string of the molecule is Cc1ccc2c(c1)OC(=O)CC(c1ccccc1)N2. The maximum atomic E-state index is 11.9. The van der Waals surface area contributed by atoms with Crippen molar-refractivity contribution >= 4 is 11.7 Å². The van der Waals surface area contributed by atoms with Crippen molar-refractivity contribution in [2.45, 2.75) is 19.4 Å². The third-order valence-electron chi connectivity index (χ3n) is 3.26. The van der Waals surface area contributed by atoms with E-state index in [1.165, 1.54) is 0 Å². The summed E-state index contributed by atoms with van der Waals surface area (Å²) in [5, 5.41) is 3.39. The van der Waals surface area contributed by atoms with Crippen molar-refractivity contribution in [2.75, 3.05) is 5.32 Å². The summed E-state index contributed by atoms with van der Waals surface area (Å²) < 4.78 is 5.39. The van der Waals surface area contributed by atoms with Gasteiger partial charge in [0, 0.05) is 0 Å². The van der Waals surface area contributed by atoms with Gasteiger partial charge in [0.1, 0.15) is 0 Å². The number of rotatable bonds is 1. The van der Waals surface area contributed by atoms with Gasteiger partial charge in [-0.25, -0.2) is 0 Å². The van der Waals surface area contributed by atoms with Gasteiger partial charge in [-0.2, -0.15) is 0 Å².